The molecule has 0 aliphatic heterocycles. The number of nitrogens with zero attached hydrogens (tertiary/aromatic N) is 2. The van der Waals surface area contributed by atoms with Crippen molar-refractivity contribution in [1.29, 1.82) is 0 Å². The molecule has 2 N–H and O–H groups in total. The van der Waals surface area contributed by atoms with Gasteiger partial charge < -0.3 is 10.4 Å². The lowest BCUT2D eigenvalue weighted by Crippen LogP contribution is -2.33. The summed E-state index contributed by atoms with van der Waals surface area (Å²) in [5.74, 6) is -0.827. The Kier molecular flexibility index (Phi) is 4.47. The first-order chi connectivity index (χ1) is 8.32. The summed E-state index contributed by atoms with van der Waals surface area (Å²) in [5, 5.41) is 15.8. The van der Waals surface area contributed by atoms with Crippen molar-refractivity contribution in [3.63, 3.8) is 0 Å². The zero-order valence-electron chi connectivity index (χ0n) is 11.1. The van der Waals surface area contributed by atoms with E-state index in [1.807, 2.05) is 13.8 Å². The summed E-state index contributed by atoms with van der Waals surface area (Å²) in [5.41, 5.74) is 0.532. The van der Waals surface area contributed by atoms with E-state index >= 15 is 0 Å². The topological polar surface area (TPSA) is 84.2 Å². The Labute approximate surface area is 106 Å². The molecule has 100 valence electrons. The Morgan fingerprint density at radius 1 is 1.44 bits per heavy atom. The second-order valence-corrected chi connectivity index (χ2v) is 4.73. The largest absolute Gasteiger partial charge is 0.478 e. The van der Waals surface area contributed by atoms with Crippen LogP contribution < -0.4 is 5.32 Å². The van der Waals surface area contributed by atoms with Crippen LogP contribution in [0.2, 0.25) is 0 Å². The number of hydrogen-bond donors (Lipinski definition) is 2. The van der Waals surface area contributed by atoms with Crippen LogP contribution in [0.4, 0.5) is 0 Å². The number of rotatable bonds is 5. The summed E-state index contributed by atoms with van der Waals surface area (Å²) in [6, 6.07) is -0.518. The Balaban J connectivity index is 2.77. The predicted octanol–water partition coefficient (Wildman–Crippen LogP) is 1.22. The van der Waals surface area contributed by atoms with Gasteiger partial charge in [0.2, 0.25) is 5.91 Å². The number of amides is 1. The van der Waals surface area contributed by atoms with Gasteiger partial charge in [-0.15, -0.1) is 0 Å². The van der Waals surface area contributed by atoms with Crippen molar-refractivity contribution in [2.45, 2.75) is 33.7 Å². The lowest BCUT2D eigenvalue weighted by molar-refractivity contribution is -0.124. The molecule has 1 unspecified atom stereocenters. The summed E-state index contributed by atoms with van der Waals surface area (Å²) in [4.78, 5) is 22.7. The third-order valence-electron chi connectivity index (χ3n) is 2.61. The second-order valence-electron chi connectivity index (χ2n) is 4.73. The second kappa shape index (κ2) is 5.66. The van der Waals surface area contributed by atoms with E-state index in [0.717, 1.165) is 0 Å². The Bertz CT molecular complexity index is 451. The highest BCUT2D eigenvalue weighted by Gasteiger charge is 2.19. The minimum Gasteiger partial charge on any atom is -0.478 e. The Morgan fingerprint density at radius 2 is 2.06 bits per heavy atom. The van der Waals surface area contributed by atoms with E-state index in [1.54, 1.807) is 13.8 Å². The van der Waals surface area contributed by atoms with Crippen molar-refractivity contribution < 1.29 is 14.7 Å². The summed E-state index contributed by atoms with van der Waals surface area (Å²) in [7, 11) is 0. The summed E-state index contributed by atoms with van der Waals surface area (Å²) >= 11 is 0. The van der Waals surface area contributed by atoms with Crippen LogP contribution in [0.5, 0.6) is 0 Å². The third-order valence-corrected chi connectivity index (χ3v) is 2.61. The average Bonchev–Trinajstić information content (AvgIpc) is 2.67. The quantitative estimate of drug-likeness (QED) is 0.826. The van der Waals surface area contributed by atoms with Gasteiger partial charge in [0.1, 0.15) is 11.6 Å². The number of carboxylic acids is 1. The number of nitrogens with one attached hydrogen (secondary N) is 1. The molecular formula is C12H19N3O3. The van der Waals surface area contributed by atoms with Crippen molar-refractivity contribution >= 4 is 11.9 Å². The molecule has 0 fully saturated rings. The van der Waals surface area contributed by atoms with Crippen LogP contribution in [0, 0.1) is 12.8 Å². The lowest BCUT2D eigenvalue weighted by Gasteiger charge is -2.13. The molecule has 6 heteroatoms. The molecule has 0 aromatic carbocycles. The van der Waals surface area contributed by atoms with Crippen molar-refractivity contribution in [1.82, 2.24) is 15.1 Å². The molecule has 6 nitrogen and oxygen atoms in total. The highest BCUT2D eigenvalue weighted by atomic mass is 16.4. The number of carbonyl (C=O) groups is 2. The molecule has 0 aliphatic rings. The lowest BCUT2D eigenvalue weighted by atomic mass is 10.2. The molecule has 1 aromatic rings. The summed E-state index contributed by atoms with van der Waals surface area (Å²) < 4.78 is 1.38. The first-order valence-electron chi connectivity index (χ1n) is 5.89. The van der Waals surface area contributed by atoms with E-state index in [9.17, 15) is 9.59 Å². The van der Waals surface area contributed by atoms with Crippen LogP contribution in [-0.2, 0) is 4.79 Å². The molecule has 18 heavy (non-hydrogen) atoms. The fraction of sp³-hybridized carbons (Fsp3) is 0.583. The van der Waals surface area contributed by atoms with Crippen LogP contribution >= 0.6 is 0 Å². The van der Waals surface area contributed by atoms with Gasteiger partial charge in [0.15, 0.2) is 0 Å². The van der Waals surface area contributed by atoms with Gasteiger partial charge in [-0.05, 0) is 19.8 Å². The van der Waals surface area contributed by atoms with Crippen LogP contribution in [0.1, 0.15) is 42.9 Å². The molecule has 0 aliphatic carbocycles. The van der Waals surface area contributed by atoms with E-state index in [2.05, 4.69) is 10.4 Å². The van der Waals surface area contributed by atoms with E-state index in [0.29, 0.717) is 18.2 Å². The maximum atomic E-state index is 11.8. The molecule has 0 radical (unpaired) electrons. The highest BCUT2D eigenvalue weighted by Crippen LogP contribution is 2.11. The highest BCUT2D eigenvalue weighted by molar-refractivity contribution is 5.88. The van der Waals surface area contributed by atoms with Crippen molar-refractivity contribution in [3.05, 3.63) is 17.5 Å². The minimum atomic E-state index is -1.03. The molecular weight excluding hydrogens is 234 g/mol. The number of carbonyl (C=O) groups excluding carboxylic acids is 1. The van der Waals surface area contributed by atoms with Gasteiger partial charge in [-0.3, -0.25) is 9.48 Å². The third kappa shape index (κ3) is 3.32. The van der Waals surface area contributed by atoms with Gasteiger partial charge in [0, 0.05) is 12.7 Å². The summed E-state index contributed by atoms with van der Waals surface area (Å²) in [6.45, 7) is 7.90. The van der Waals surface area contributed by atoms with Gasteiger partial charge in [0.05, 0.1) is 5.69 Å². The van der Waals surface area contributed by atoms with Gasteiger partial charge in [-0.25, -0.2) is 4.79 Å². The normalized spacial score (nSPS) is 12.5. The number of carboxylic acid groups (broad SMARTS) is 1. The van der Waals surface area contributed by atoms with Gasteiger partial charge in [-0.1, -0.05) is 13.8 Å². The SMILES string of the molecule is Cc1nn(C(C)C(=O)NCC(C)C)cc1C(=O)O. The molecule has 1 heterocycles. The average molecular weight is 253 g/mol. The molecule has 1 aromatic heterocycles. The first kappa shape index (κ1) is 14.2. The number of aromatic carboxylic acids is 1. The van der Waals surface area contributed by atoms with E-state index < -0.39 is 12.0 Å². The van der Waals surface area contributed by atoms with Gasteiger partial charge in [0.25, 0.3) is 0 Å². The molecule has 0 bridgehead atoms. The van der Waals surface area contributed by atoms with Gasteiger partial charge >= 0.3 is 5.97 Å². The Hall–Kier alpha value is -1.85. The minimum absolute atomic E-state index is 0.124. The number of aromatic nitrogens is 2. The molecule has 0 spiro atoms. The van der Waals surface area contributed by atoms with Crippen molar-refractivity contribution in [3.8, 4) is 0 Å². The standard InChI is InChI=1S/C12H19N3O3/c1-7(2)5-13-11(16)9(4)15-6-10(12(17)18)8(3)14-15/h6-7,9H,5H2,1-4H3,(H,13,16)(H,17,18). The van der Waals surface area contributed by atoms with Crippen LogP contribution in [0.25, 0.3) is 0 Å². The maximum Gasteiger partial charge on any atom is 0.339 e. The molecule has 1 rings (SSSR count). The van der Waals surface area contributed by atoms with E-state index in [4.69, 9.17) is 5.11 Å². The van der Waals surface area contributed by atoms with Crippen LogP contribution in [-0.4, -0.2) is 33.3 Å². The summed E-state index contributed by atoms with van der Waals surface area (Å²) in [6.07, 6.45) is 1.39. The molecule has 1 amide bonds. The van der Waals surface area contributed by atoms with Crippen LogP contribution in [0.15, 0.2) is 6.20 Å². The van der Waals surface area contributed by atoms with Gasteiger partial charge in [-0.2, -0.15) is 5.10 Å². The zero-order valence-corrected chi connectivity index (χ0v) is 11.1. The van der Waals surface area contributed by atoms with Crippen LogP contribution in [0.3, 0.4) is 0 Å². The predicted molar refractivity (Wildman–Crippen MR) is 66.5 cm³/mol. The van der Waals surface area contributed by atoms with Crippen molar-refractivity contribution in [2.75, 3.05) is 6.54 Å². The molecule has 0 saturated carbocycles. The molecule has 0 saturated heterocycles. The first-order valence-corrected chi connectivity index (χ1v) is 5.89. The fourth-order valence-electron chi connectivity index (χ4n) is 1.46. The van der Waals surface area contributed by atoms with E-state index in [-0.39, 0.29) is 11.5 Å². The Morgan fingerprint density at radius 3 is 2.50 bits per heavy atom. The number of aryl methyl sites for hydroxylation is 1. The smallest absolute Gasteiger partial charge is 0.339 e. The number of hydrogen-bond acceptors (Lipinski definition) is 3. The zero-order chi connectivity index (χ0) is 13.9. The van der Waals surface area contributed by atoms with E-state index in [1.165, 1.54) is 10.9 Å². The molecule has 1 atom stereocenters. The van der Waals surface area contributed by atoms with Crippen molar-refractivity contribution in [2.24, 2.45) is 5.92 Å². The monoisotopic (exact) mass is 253 g/mol. The maximum absolute atomic E-state index is 11.8. The fourth-order valence-corrected chi connectivity index (χ4v) is 1.46.